The molecule has 5 rings (SSSR count). The van der Waals surface area contributed by atoms with Gasteiger partial charge in [0.25, 0.3) is 5.56 Å². The Balaban J connectivity index is 1.58. The predicted molar refractivity (Wildman–Crippen MR) is 173 cm³/mol. The van der Waals surface area contributed by atoms with Crippen LogP contribution in [0.25, 0.3) is 22.3 Å². The van der Waals surface area contributed by atoms with Crippen molar-refractivity contribution in [3.8, 4) is 22.9 Å². The molecule has 9 nitrogen and oxygen atoms in total. The van der Waals surface area contributed by atoms with E-state index in [2.05, 4.69) is 18.9 Å². The number of ether oxygens (including phenoxy) is 2. The summed E-state index contributed by atoms with van der Waals surface area (Å²) in [6, 6.07) is 23.4. The number of hydrogen-bond donors (Lipinski definition) is 0. The maximum absolute atomic E-state index is 13.8. The SMILES string of the molecule is CCOc1cc(C)c(-c2nc3ccccc3c(=O)n2N=Cc2ccc(OCc3cccc(C)c3)c([N+](=O)[O-])c2)cc1C(C)C. The van der Waals surface area contributed by atoms with E-state index < -0.39 is 4.92 Å². The Morgan fingerprint density at radius 1 is 0.977 bits per heavy atom. The molecule has 0 saturated heterocycles. The average molecular weight is 591 g/mol. The van der Waals surface area contributed by atoms with Crippen molar-refractivity contribution >= 4 is 22.8 Å². The first-order valence-corrected chi connectivity index (χ1v) is 14.5. The van der Waals surface area contributed by atoms with Gasteiger partial charge in [0.2, 0.25) is 0 Å². The fourth-order valence-corrected chi connectivity index (χ4v) is 5.04. The van der Waals surface area contributed by atoms with E-state index in [1.807, 2.05) is 63.2 Å². The van der Waals surface area contributed by atoms with E-state index >= 15 is 0 Å². The van der Waals surface area contributed by atoms with Gasteiger partial charge in [-0.15, -0.1) is 0 Å². The molecule has 0 spiro atoms. The van der Waals surface area contributed by atoms with Crippen molar-refractivity contribution in [2.45, 2.75) is 47.1 Å². The van der Waals surface area contributed by atoms with Gasteiger partial charge in [-0.1, -0.05) is 55.8 Å². The van der Waals surface area contributed by atoms with Crippen molar-refractivity contribution < 1.29 is 14.4 Å². The fraction of sp³-hybridized carbons (Fsp3) is 0.229. The molecular weight excluding hydrogens is 556 g/mol. The van der Waals surface area contributed by atoms with Crippen molar-refractivity contribution in [1.29, 1.82) is 0 Å². The van der Waals surface area contributed by atoms with E-state index in [0.717, 1.165) is 33.6 Å². The number of para-hydroxylation sites is 1. The molecular formula is C35H34N4O5. The number of hydrogen-bond acceptors (Lipinski definition) is 7. The molecule has 0 atom stereocenters. The zero-order chi connectivity index (χ0) is 31.4. The molecule has 0 aliphatic heterocycles. The third-order valence-corrected chi connectivity index (χ3v) is 7.25. The molecule has 1 aromatic heterocycles. The molecule has 0 radical (unpaired) electrons. The monoisotopic (exact) mass is 590 g/mol. The van der Waals surface area contributed by atoms with E-state index in [1.54, 1.807) is 30.3 Å². The summed E-state index contributed by atoms with van der Waals surface area (Å²) >= 11 is 0. The second-order valence-electron chi connectivity index (χ2n) is 10.9. The van der Waals surface area contributed by atoms with Crippen molar-refractivity contribution in [2.75, 3.05) is 6.61 Å². The zero-order valence-electron chi connectivity index (χ0n) is 25.4. The summed E-state index contributed by atoms with van der Waals surface area (Å²) in [7, 11) is 0. The normalized spacial score (nSPS) is 11.4. The quantitative estimate of drug-likeness (QED) is 0.0943. The van der Waals surface area contributed by atoms with E-state index in [0.29, 0.717) is 28.9 Å². The number of aromatic nitrogens is 2. The van der Waals surface area contributed by atoms with Crippen molar-refractivity contribution in [3.63, 3.8) is 0 Å². The Morgan fingerprint density at radius 2 is 1.77 bits per heavy atom. The number of rotatable bonds is 10. The van der Waals surface area contributed by atoms with Crippen LogP contribution in [0.4, 0.5) is 5.69 Å². The minimum Gasteiger partial charge on any atom is -0.494 e. The van der Waals surface area contributed by atoms with Gasteiger partial charge in [-0.3, -0.25) is 14.9 Å². The van der Waals surface area contributed by atoms with Crippen molar-refractivity contribution in [2.24, 2.45) is 5.10 Å². The fourth-order valence-electron chi connectivity index (χ4n) is 5.04. The predicted octanol–water partition coefficient (Wildman–Crippen LogP) is 7.57. The van der Waals surface area contributed by atoms with Crippen LogP contribution in [0.5, 0.6) is 11.5 Å². The molecule has 1 heterocycles. The Kier molecular flexibility index (Phi) is 8.85. The van der Waals surface area contributed by atoms with Crippen molar-refractivity contribution in [3.05, 3.63) is 127 Å². The van der Waals surface area contributed by atoms with E-state index in [9.17, 15) is 14.9 Å². The molecule has 5 aromatic rings. The second-order valence-corrected chi connectivity index (χ2v) is 10.9. The van der Waals surface area contributed by atoms with Gasteiger partial charge in [-0.05, 0) is 79.8 Å². The number of benzene rings is 4. The van der Waals surface area contributed by atoms with Crippen LogP contribution in [-0.2, 0) is 6.61 Å². The summed E-state index contributed by atoms with van der Waals surface area (Å²) in [5, 5.41) is 16.9. The molecule has 224 valence electrons. The van der Waals surface area contributed by atoms with Gasteiger partial charge in [0.1, 0.15) is 12.4 Å². The number of nitrogens with zero attached hydrogens (tertiary/aromatic N) is 4. The first-order valence-electron chi connectivity index (χ1n) is 14.5. The first-order chi connectivity index (χ1) is 21.2. The lowest BCUT2D eigenvalue weighted by Crippen LogP contribution is -2.21. The molecule has 0 N–H and O–H groups in total. The number of nitro benzene ring substituents is 1. The number of nitro groups is 1. The molecule has 0 fully saturated rings. The Morgan fingerprint density at radius 3 is 2.50 bits per heavy atom. The molecule has 0 unspecified atom stereocenters. The summed E-state index contributed by atoms with van der Waals surface area (Å²) < 4.78 is 13.0. The molecule has 4 aromatic carbocycles. The Bertz CT molecular complexity index is 1940. The van der Waals surface area contributed by atoms with Crippen molar-refractivity contribution in [1.82, 2.24) is 9.66 Å². The summed E-state index contributed by atoms with van der Waals surface area (Å²) in [5.41, 5.74) is 5.00. The summed E-state index contributed by atoms with van der Waals surface area (Å²) in [6.07, 6.45) is 1.42. The first kappa shape index (κ1) is 30.2. The minimum absolute atomic E-state index is 0.144. The highest BCUT2D eigenvalue weighted by molar-refractivity contribution is 5.83. The lowest BCUT2D eigenvalue weighted by Gasteiger charge is -2.18. The van der Waals surface area contributed by atoms with Crippen LogP contribution >= 0.6 is 0 Å². The lowest BCUT2D eigenvalue weighted by atomic mass is 9.96. The molecule has 9 heteroatoms. The van der Waals surface area contributed by atoms with Crippen LogP contribution in [0.15, 0.2) is 88.8 Å². The third kappa shape index (κ3) is 6.36. The van der Waals surface area contributed by atoms with Crippen LogP contribution < -0.4 is 15.0 Å². The van der Waals surface area contributed by atoms with E-state index in [-0.39, 0.29) is 29.5 Å². The molecule has 0 aliphatic carbocycles. The number of fused-ring (bicyclic) bond motifs is 1. The summed E-state index contributed by atoms with van der Waals surface area (Å²) in [6.45, 7) is 10.7. The Hall–Kier alpha value is -5.31. The van der Waals surface area contributed by atoms with Gasteiger partial charge in [0.05, 0.1) is 28.6 Å². The number of aryl methyl sites for hydroxylation is 2. The standard InChI is InChI=1S/C35H34N4O5/c1-6-43-33-17-24(5)29(19-28(33)22(2)3)34-37-30-13-8-7-12-27(30)35(40)38(34)36-20-25-14-15-32(31(18-25)39(41)42)44-21-26-11-9-10-23(4)16-26/h7-20,22H,6,21H2,1-5H3. The third-order valence-electron chi connectivity index (χ3n) is 7.25. The van der Waals surface area contributed by atoms with Gasteiger partial charge in [-0.25, -0.2) is 4.98 Å². The molecule has 0 aliphatic rings. The van der Waals surface area contributed by atoms with Gasteiger partial charge in [-0.2, -0.15) is 9.78 Å². The largest absolute Gasteiger partial charge is 0.494 e. The Labute approximate surface area is 255 Å². The van der Waals surface area contributed by atoms with Crippen LogP contribution in [0.1, 0.15) is 54.5 Å². The maximum Gasteiger partial charge on any atom is 0.311 e. The highest BCUT2D eigenvalue weighted by atomic mass is 16.6. The van der Waals surface area contributed by atoms with Crippen LogP contribution in [0.3, 0.4) is 0 Å². The van der Waals surface area contributed by atoms with Gasteiger partial charge in [0.15, 0.2) is 11.6 Å². The lowest BCUT2D eigenvalue weighted by molar-refractivity contribution is -0.385. The minimum atomic E-state index is -0.491. The topological polar surface area (TPSA) is 109 Å². The highest BCUT2D eigenvalue weighted by Gasteiger charge is 2.19. The molecule has 0 amide bonds. The second kappa shape index (κ2) is 12.9. The molecule has 0 saturated carbocycles. The molecule has 0 bridgehead atoms. The van der Waals surface area contributed by atoms with Gasteiger partial charge >= 0.3 is 5.69 Å². The maximum atomic E-state index is 13.8. The van der Waals surface area contributed by atoms with Crippen LogP contribution in [0, 0.1) is 24.0 Å². The zero-order valence-corrected chi connectivity index (χ0v) is 25.4. The smallest absolute Gasteiger partial charge is 0.311 e. The highest BCUT2D eigenvalue weighted by Crippen LogP contribution is 2.34. The molecule has 44 heavy (non-hydrogen) atoms. The van der Waals surface area contributed by atoms with Crippen LogP contribution in [-0.4, -0.2) is 27.4 Å². The summed E-state index contributed by atoms with van der Waals surface area (Å²) in [5.74, 6) is 1.45. The van der Waals surface area contributed by atoms with E-state index in [4.69, 9.17) is 14.5 Å². The van der Waals surface area contributed by atoms with Gasteiger partial charge in [0, 0.05) is 17.2 Å². The average Bonchev–Trinajstić information content (AvgIpc) is 3.00. The van der Waals surface area contributed by atoms with Crippen LogP contribution in [0.2, 0.25) is 0 Å². The summed E-state index contributed by atoms with van der Waals surface area (Å²) in [4.78, 5) is 30.1. The van der Waals surface area contributed by atoms with E-state index in [1.165, 1.54) is 17.0 Å². The van der Waals surface area contributed by atoms with Gasteiger partial charge < -0.3 is 9.47 Å².